The highest BCUT2D eigenvalue weighted by molar-refractivity contribution is 14.0. The van der Waals surface area contributed by atoms with E-state index in [1.807, 2.05) is 6.92 Å². The zero-order valence-electron chi connectivity index (χ0n) is 16.2. The third-order valence-electron chi connectivity index (χ3n) is 5.39. The Bertz CT molecular complexity index is 688. The Morgan fingerprint density at radius 3 is 2.39 bits per heavy atom. The van der Waals surface area contributed by atoms with E-state index in [2.05, 4.69) is 15.6 Å². The smallest absolute Gasteiger partial charge is 0.308 e. The molecule has 2 fully saturated rings. The van der Waals surface area contributed by atoms with Crippen LogP contribution < -0.4 is 10.6 Å². The molecule has 0 amide bonds. The molecule has 2 aliphatic carbocycles. The Balaban J connectivity index is 0.00000280. The van der Waals surface area contributed by atoms with Gasteiger partial charge in [-0.05, 0) is 51.2 Å². The molecule has 0 spiro atoms. The van der Waals surface area contributed by atoms with Crippen molar-refractivity contribution >= 4 is 35.9 Å². The zero-order valence-corrected chi connectivity index (χ0v) is 18.5. The van der Waals surface area contributed by atoms with Crippen LogP contribution in [0.3, 0.4) is 0 Å². The Morgan fingerprint density at radius 2 is 1.82 bits per heavy atom. The van der Waals surface area contributed by atoms with E-state index in [1.54, 1.807) is 7.05 Å². The predicted octanol–water partition coefficient (Wildman–Crippen LogP) is 3.73. The van der Waals surface area contributed by atoms with E-state index >= 15 is 0 Å². The summed E-state index contributed by atoms with van der Waals surface area (Å²) in [6.07, 6.45) is 3.98. The van der Waals surface area contributed by atoms with E-state index < -0.39 is 11.6 Å². The van der Waals surface area contributed by atoms with Crippen molar-refractivity contribution in [3.8, 4) is 0 Å². The van der Waals surface area contributed by atoms with Gasteiger partial charge in [0.25, 0.3) is 0 Å². The van der Waals surface area contributed by atoms with Gasteiger partial charge >= 0.3 is 5.97 Å². The summed E-state index contributed by atoms with van der Waals surface area (Å²) in [7, 11) is 1.68. The molecule has 0 aromatic heterocycles. The zero-order chi connectivity index (χ0) is 19.4. The van der Waals surface area contributed by atoms with E-state index in [0.29, 0.717) is 19.0 Å². The first-order valence-corrected chi connectivity index (χ1v) is 9.63. The molecular formula is C20H28F2IN3O2. The maximum Gasteiger partial charge on any atom is 0.308 e. The minimum atomic E-state index is -0.496. The Hall–Kier alpha value is -1.45. The van der Waals surface area contributed by atoms with Crippen LogP contribution in [-0.2, 0) is 9.53 Å². The monoisotopic (exact) mass is 507 g/mol. The predicted molar refractivity (Wildman–Crippen MR) is 115 cm³/mol. The fourth-order valence-electron chi connectivity index (χ4n) is 3.81. The summed E-state index contributed by atoms with van der Waals surface area (Å²) in [6, 6.07) is 4.17. The van der Waals surface area contributed by atoms with Crippen molar-refractivity contribution < 1.29 is 18.3 Å². The molecule has 0 heterocycles. The molecule has 2 N–H and O–H groups in total. The van der Waals surface area contributed by atoms with Crippen molar-refractivity contribution in [2.75, 3.05) is 13.7 Å². The molecule has 3 rings (SSSR count). The first-order chi connectivity index (χ1) is 13.0. The largest absolute Gasteiger partial charge is 0.466 e. The molecule has 156 valence electrons. The summed E-state index contributed by atoms with van der Waals surface area (Å²) in [5.74, 6) is -0.654. The molecule has 0 saturated heterocycles. The van der Waals surface area contributed by atoms with E-state index in [4.69, 9.17) is 4.74 Å². The van der Waals surface area contributed by atoms with Crippen LogP contribution in [0, 0.1) is 17.6 Å². The van der Waals surface area contributed by atoms with E-state index in [1.165, 1.54) is 18.2 Å². The first kappa shape index (κ1) is 22.8. The Labute approximate surface area is 181 Å². The summed E-state index contributed by atoms with van der Waals surface area (Å²) >= 11 is 0. The SMILES string of the molecule is CCOC(=O)C1CCC(NC(=NC)NC2CC2c2c(F)cccc2F)CC1.I. The third kappa shape index (κ3) is 5.55. The lowest BCUT2D eigenvalue weighted by molar-refractivity contribution is -0.149. The van der Waals surface area contributed by atoms with Crippen LogP contribution in [0.4, 0.5) is 8.78 Å². The number of aliphatic imine (C=N–C) groups is 1. The van der Waals surface area contributed by atoms with Crippen molar-refractivity contribution in [2.24, 2.45) is 10.9 Å². The number of hydrogen-bond acceptors (Lipinski definition) is 3. The fourth-order valence-corrected chi connectivity index (χ4v) is 3.81. The van der Waals surface area contributed by atoms with Crippen molar-refractivity contribution in [3.63, 3.8) is 0 Å². The molecule has 5 nitrogen and oxygen atoms in total. The molecule has 0 bridgehead atoms. The lowest BCUT2D eigenvalue weighted by Gasteiger charge is -2.29. The Kier molecular flexibility index (Phi) is 8.45. The number of carbonyl (C=O) groups excluding carboxylic acids is 1. The molecule has 28 heavy (non-hydrogen) atoms. The van der Waals surface area contributed by atoms with Gasteiger partial charge in [-0.2, -0.15) is 0 Å². The lowest BCUT2D eigenvalue weighted by Crippen LogP contribution is -2.46. The second-order valence-electron chi connectivity index (χ2n) is 7.25. The summed E-state index contributed by atoms with van der Waals surface area (Å²) in [4.78, 5) is 16.1. The highest BCUT2D eigenvalue weighted by Gasteiger charge is 2.42. The second kappa shape index (κ2) is 10.4. The molecule has 2 saturated carbocycles. The van der Waals surface area contributed by atoms with E-state index in [9.17, 15) is 13.6 Å². The molecule has 2 aliphatic rings. The van der Waals surface area contributed by atoms with Crippen LogP contribution in [0.5, 0.6) is 0 Å². The first-order valence-electron chi connectivity index (χ1n) is 9.63. The summed E-state index contributed by atoms with van der Waals surface area (Å²) < 4.78 is 32.9. The van der Waals surface area contributed by atoms with Crippen molar-refractivity contribution in [2.45, 2.75) is 57.0 Å². The van der Waals surface area contributed by atoms with Gasteiger partial charge < -0.3 is 15.4 Å². The number of hydrogen-bond donors (Lipinski definition) is 2. The van der Waals surface area contributed by atoms with Crippen molar-refractivity contribution in [1.29, 1.82) is 0 Å². The van der Waals surface area contributed by atoms with Crippen LogP contribution in [0.25, 0.3) is 0 Å². The fraction of sp³-hybridized carbons (Fsp3) is 0.600. The average Bonchev–Trinajstić information content (AvgIpc) is 3.40. The van der Waals surface area contributed by atoms with Crippen molar-refractivity contribution in [1.82, 2.24) is 10.6 Å². The maximum atomic E-state index is 13.9. The van der Waals surface area contributed by atoms with Crippen LogP contribution in [-0.4, -0.2) is 37.7 Å². The maximum absolute atomic E-state index is 13.9. The van der Waals surface area contributed by atoms with Gasteiger partial charge in [-0.3, -0.25) is 9.79 Å². The summed E-state index contributed by atoms with van der Waals surface area (Å²) in [6.45, 7) is 2.23. The Morgan fingerprint density at radius 1 is 1.18 bits per heavy atom. The summed E-state index contributed by atoms with van der Waals surface area (Å²) in [5, 5.41) is 6.63. The topological polar surface area (TPSA) is 62.7 Å². The van der Waals surface area contributed by atoms with E-state index in [0.717, 1.165) is 25.7 Å². The molecule has 1 aromatic carbocycles. The number of nitrogens with zero attached hydrogens (tertiary/aromatic N) is 1. The van der Waals surface area contributed by atoms with Gasteiger partial charge in [0.1, 0.15) is 11.6 Å². The van der Waals surface area contributed by atoms with Gasteiger partial charge in [0.05, 0.1) is 12.5 Å². The number of nitrogens with one attached hydrogen (secondary N) is 2. The van der Waals surface area contributed by atoms with Gasteiger partial charge in [0.15, 0.2) is 5.96 Å². The second-order valence-corrected chi connectivity index (χ2v) is 7.25. The van der Waals surface area contributed by atoms with Crippen LogP contribution in [0.15, 0.2) is 23.2 Å². The molecule has 0 radical (unpaired) electrons. The standard InChI is InChI=1S/C20H27F2N3O2.HI/c1-3-27-19(26)12-7-9-13(10-8-12)24-20(23-2)25-17-11-14(17)18-15(21)5-4-6-16(18)22;/h4-6,12-14,17H,3,7-11H2,1-2H3,(H2,23,24,25);1H. The molecule has 8 heteroatoms. The quantitative estimate of drug-likeness (QED) is 0.276. The average molecular weight is 507 g/mol. The number of carbonyl (C=O) groups is 1. The summed E-state index contributed by atoms with van der Waals surface area (Å²) in [5.41, 5.74) is 0.153. The normalized spacial score (nSPS) is 26.8. The van der Waals surface area contributed by atoms with Gasteiger partial charge in [0, 0.05) is 30.6 Å². The van der Waals surface area contributed by atoms with Crippen LogP contribution >= 0.6 is 24.0 Å². The van der Waals surface area contributed by atoms with Crippen LogP contribution in [0.1, 0.15) is 50.5 Å². The number of halogens is 3. The molecule has 0 aliphatic heterocycles. The highest BCUT2D eigenvalue weighted by atomic mass is 127. The van der Waals surface area contributed by atoms with E-state index in [-0.39, 0.29) is 59.4 Å². The van der Waals surface area contributed by atoms with Gasteiger partial charge in [-0.1, -0.05) is 6.07 Å². The molecule has 2 atom stereocenters. The number of guanidine groups is 1. The van der Waals surface area contributed by atoms with Crippen LogP contribution in [0.2, 0.25) is 0 Å². The molecule has 2 unspecified atom stereocenters. The highest BCUT2D eigenvalue weighted by Crippen LogP contribution is 2.43. The minimum absolute atomic E-state index is 0. The number of benzene rings is 1. The van der Waals surface area contributed by atoms with Gasteiger partial charge in [0.2, 0.25) is 0 Å². The number of ether oxygens (including phenoxy) is 1. The third-order valence-corrected chi connectivity index (χ3v) is 5.39. The number of esters is 1. The molecule has 1 aromatic rings. The lowest BCUT2D eigenvalue weighted by atomic mass is 9.86. The number of rotatable bonds is 5. The minimum Gasteiger partial charge on any atom is -0.466 e. The molecular weight excluding hydrogens is 479 g/mol. The van der Waals surface area contributed by atoms with Crippen molar-refractivity contribution in [3.05, 3.63) is 35.4 Å². The van der Waals surface area contributed by atoms with Gasteiger partial charge in [-0.15, -0.1) is 24.0 Å². The van der Waals surface area contributed by atoms with Gasteiger partial charge in [-0.25, -0.2) is 8.78 Å².